The lowest BCUT2D eigenvalue weighted by Gasteiger charge is -2.03. The summed E-state index contributed by atoms with van der Waals surface area (Å²) in [5, 5.41) is 4.43. The summed E-state index contributed by atoms with van der Waals surface area (Å²) in [4.78, 5) is 0. The third-order valence-corrected chi connectivity index (χ3v) is 3.47. The fourth-order valence-corrected chi connectivity index (χ4v) is 2.35. The molecule has 0 aliphatic rings. The van der Waals surface area contributed by atoms with Gasteiger partial charge < -0.3 is 5.73 Å². The molecular weight excluding hydrogens is 289 g/mol. The maximum absolute atomic E-state index is 13.1. The molecule has 0 atom stereocenters. The van der Waals surface area contributed by atoms with Crippen molar-refractivity contribution in [2.24, 2.45) is 0 Å². The van der Waals surface area contributed by atoms with Crippen molar-refractivity contribution in [2.45, 2.75) is 6.54 Å². The van der Waals surface area contributed by atoms with E-state index in [0.29, 0.717) is 12.2 Å². The minimum absolute atomic E-state index is 0.121. The SMILES string of the molecule is Nc1cccc(-c2cnn(Cc3ccc(F)c(Cl)c3)c2)c1. The first-order valence-electron chi connectivity index (χ1n) is 6.44. The molecule has 0 saturated carbocycles. The Kier molecular flexibility index (Phi) is 3.62. The number of nitrogens with zero attached hydrogens (tertiary/aromatic N) is 2. The molecule has 5 heteroatoms. The van der Waals surface area contributed by atoms with Gasteiger partial charge in [-0.15, -0.1) is 0 Å². The molecule has 0 aliphatic heterocycles. The van der Waals surface area contributed by atoms with E-state index < -0.39 is 5.82 Å². The molecule has 0 fully saturated rings. The van der Waals surface area contributed by atoms with Crippen molar-refractivity contribution in [2.75, 3.05) is 5.73 Å². The number of anilines is 1. The van der Waals surface area contributed by atoms with Gasteiger partial charge in [-0.1, -0.05) is 29.8 Å². The summed E-state index contributed by atoms with van der Waals surface area (Å²) >= 11 is 5.78. The predicted octanol–water partition coefficient (Wildman–Crippen LogP) is 3.97. The zero-order valence-electron chi connectivity index (χ0n) is 11.1. The van der Waals surface area contributed by atoms with Crippen LogP contribution in [0.25, 0.3) is 11.1 Å². The molecule has 1 heterocycles. The van der Waals surface area contributed by atoms with Gasteiger partial charge in [0, 0.05) is 17.4 Å². The summed E-state index contributed by atoms with van der Waals surface area (Å²) in [6.45, 7) is 0.530. The zero-order valence-corrected chi connectivity index (χ0v) is 11.9. The average Bonchev–Trinajstić information content (AvgIpc) is 2.91. The minimum Gasteiger partial charge on any atom is -0.399 e. The number of hydrogen-bond donors (Lipinski definition) is 1. The molecule has 0 saturated heterocycles. The van der Waals surface area contributed by atoms with Gasteiger partial charge in [0.25, 0.3) is 0 Å². The largest absolute Gasteiger partial charge is 0.399 e. The first-order valence-corrected chi connectivity index (χ1v) is 6.82. The van der Waals surface area contributed by atoms with E-state index >= 15 is 0 Å². The lowest BCUT2D eigenvalue weighted by Crippen LogP contribution is -2.00. The Morgan fingerprint density at radius 1 is 1.14 bits per heavy atom. The maximum Gasteiger partial charge on any atom is 0.141 e. The van der Waals surface area contributed by atoms with Gasteiger partial charge >= 0.3 is 0 Å². The Bertz CT molecular complexity index is 783. The second kappa shape index (κ2) is 5.58. The standard InChI is InChI=1S/C16H13ClFN3/c17-15-6-11(4-5-16(15)18)9-21-10-13(8-20-21)12-2-1-3-14(19)7-12/h1-8,10H,9,19H2. The summed E-state index contributed by atoms with van der Waals surface area (Å²) in [6, 6.07) is 12.3. The first kappa shape index (κ1) is 13.6. The lowest BCUT2D eigenvalue weighted by molar-refractivity contribution is 0.625. The van der Waals surface area contributed by atoms with Crippen LogP contribution in [-0.4, -0.2) is 9.78 Å². The van der Waals surface area contributed by atoms with E-state index in [4.69, 9.17) is 17.3 Å². The van der Waals surface area contributed by atoms with Gasteiger partial charge in [0.1, 0.15) is 5.82 Å². The molecule has 3 rings (SSSR count). The highest BCUT2D eigenvalue weighted by Crippen LogP contribution is 2.21. The average molecular weight is 302 g/mol. The summed E-state index contributed by atoms with van der Waals surface area (Å²) < 4.78 is 14.9. The Balaban J connectivity index is 1.83. The van der Waals surface area contributed by atoms with E-state index in [0.717, 1.165) is 16.7 Å². The number of nitrogens with two attached hydrogens (primary N) is 1. The topological polar surface area (TPSA) is 43.8 Å². The number of hydrogen-bond acceptors (Lipinski definition) is 2. The molecule has 3 nitrogen and oxygen atoms in total. The molecule has 0 bridgehead atoms. The van der Waals surface area contributed by atoms with Crippen molar-refractivity contribution in [3.63, 3.8) is 0 Å². The van der Waals surface area contributed by atoms with Crippen molar-refractivity contribution in [1.29, 1.82) is 0 Å². The number of nitrogen functional groups attached to an aromatic ring is 1. The molecule has 3 aromatic rings. The van der Waals surface area contributed by atoms with Gasteiger partial charge in [-0.25, -0.2) is 4.39 Å². The van der Waals surface area contributed by atoms with E-state index in [-0.39, 0.29) is 5.02 Å². The molecule has 0 aliphatic carbocycles. The Labute approximate surface area is 126 Å². The van der Waals surface area contributed by atoms with E-state index in [2.05, 4.69) is 5.10 Å². The monoisotopic (exact) mass is 301 g/mol. The maximum atomic E-state index is 13.1. The molecule has 0 amide bonds. The summed E-state index contributed by atoms with van der Waals surface area (Å²) in [5.41, 5.74) is 9.38. The second-order valence-corrected chi connectivity index (χ2v) is 5.21. The lowest BCUT2D eigenvalue weighted by atomic mass is 10.1. The highest BCUT2D eigenvalue weighted by molar-refractivity contribution is 6.30. The zero-order chi connectivity index (χ0) is 14.8. The van der Waals surface area contributed by atoms with Gasteiger partial charge in [0.15, 0.2) is 0 Å². The predicted molar refractivity (Wildman–Crippen MR) is 82.6 cm³/mol. The fourth-order valence-electron chi connectivity index (χ4n) is 2.14. The first-order chi connectivity index (χ1) is 10.1. The van der Waals surface area contributed by atoms with Crippen molar-refractivity contribution in [1.82, 2.24) is 9.78 Å². The summed E-state index contributed by atoms with van der Waals surface area (Å²) in [5.74, 6) is -0.415. The second-order valence-electron chi connectivity index (χ2n) is 4.80. The van der Waals surface area contributed by atoms with Crippen molar-refractivity contribution in [3.8, 4) is 11.1 Å². The molecule has 106 valence electrons. The minimum atomic E-state index is -0.415. The summed E-state index contributed by atoms with van der Waals surface area (Å²) in [7, 11) is 0. The van der Waals surface area contributed by atoms with E-state index in [9.17, 15) is 4.39 Å². The van der Waals surface area contributed by atoms with Gasteiger partial charge in [-0.2, -0.15) is 5.10 Å². The van der Waals surface area contributed by atoms with Crippen LogP contribution in [0.15, 0.2) is 54.9 Å². The highest BCUT2D eigenvalue weighted by atomic mass is 35.5. The molecular formula is C16H13ClFN3. The smallest absolute Gasteiger partial charge is 0.141 e. The van der Waals surface area contributed by atoms with Crippen LogP contribution < -0.4 is 5.73 Å². The normalized spacial score (nSPS) is 10.8. The molecule has 0 radical (unpaired) electrons. The number of halogens is 2. The van der Waals surface area contributed by atoms with Crippen LogP contribution >= 0.6 is 11.6 Å². The summed E-state index contributed by atoms with van der Waals surface area (Å²) in [6.07, 6.45) is 3.70. The van der Waals surface area contributed by atoms with Crippen LogP contribution in [0, 0.1) is 5.82 Å². The Morgan fingerprint density at radius 2 is 2.00 bits per heavy atom. The van der Waals surface area contributed by atoms with Crippen LogP contribution in [-0.2, 0) is 6.54 Å². The molecule has 1 aromatic heterocycles. The third kappa shape index (κ3) is 3.06. The number of rotatable bonds is 3. The van der Waals surface area contributed by atoms with Crippen LogP contribution in [0.1, 0.15) is 5.56 Å². The van der Waals surface area contributed by atoms with Crippen molar-refractivity contribution >= 4 is 17.3 Å². The molecule has 0 spiro atoms. The molecule has 0 unspecified atom stereocenters. The Morgan fingerprint density at radius 3 is 2.76 bits per heavy atom. The van der Waals surface area contributed by atoms with E-state index in [1.165, 1.54) is 6.07 Å². The number of benzene rings is 2. The highest BCUT2D eigenvalue weighted by Gasteiger charge is 2.05. The molecule has 21 heavy (non-hydrogen) atoms. The van der Waals surface area contributed by atoms with E-state index in [1.54, 1.807) is 23.0 Å². The fraction of sp³-hybridized carbons (Fsp3) is 0.0625. The van der Waals surface area contributed by atoms with Crippen molar-refractivity contribution < 1.29 is 4.39 Å². The quantitative estimate of drug-likeness (QED) is 0.744. The van der Waals surface area contributed by atoms with Gasteiger partial charge in [0.05, 0.1) is 17.8 Å². The number of aromatic nitrogens is 2. The third-order valence-electron chi connectivity index (χ3n) is 3.18. The van der Waals surface area contributed by atoms with Gasteiger partial charge in [-0.3, -0.25) is 4.68 Å². The van der Waals surface area contributed by atoms with Gasteiger partial charge in [0.2, 0.25) is 0 Å². The van der Waals surface area contributed by atoms with Gasteiger partial charge in [-0.05, 0) is 35.4 Å². The molecule has 2 aromatic carbocycles. The van der Waals surface area contributed by atoms with Crippen LogP contribution in [0.4, 0.5) is 10.1 Å². The van der Waals surface area contributed by atoms with Crippen molar-refractivity contribution in [3.05, 3.63) is 71.3 Å². The van der Waals surface area contributed by atoms with E-state index in [1.807, 2.05) is 30.5 Å². The van der Waals surface area contributed by atoms with Crippen LogP contribution in [0.3, 0.4) is 0 Å². The van der Waals surface area contributed by atoms with Crippen LogP contribution in [0.5, 0.6) is 0 Å². The molecule has 2 N–H and O–H groups in total. The van der Waals surface area contributed by atoms with Crippen LogP contribution in [0.2, 0.25) is 5.02 Å². The Hall–Kier alpha value is -2.33.